The van der Waals surface area contributed by atoms with E-state index in [1.54, 1.807) is 0 Å². The number of hydrogen-bond acceptors (Lipinski definition) is 4. The molecule has 0 aromatic heterocycles. The summed E-state index contributed by atoms with van der Waals surface area (Å²) in [6, 6.07) is 0.721. The lowest BCUT2D eigenvalue weighted by Gasteiger charge is -2.35. The third-order valence-electron chi connectivity index (χ3n) is 4.59. The first-order valence-electron chi connectivity index (χ1n) is 7.30. The Morgan fingerprint density at radius 1 is 1.26 bits per heavy atom. The summed E-state index contributed by atoms with van der Waals surface area (Å²) in [5, 5.41) is 0. The molecule has 1 rings (SSSR count). The van der Waals surface area contributed by atoms with Crippen molar-refractivity contribution in [1.29, 1.82) is 0 Å². The fourth-order valence-electron chi connectivity index (χ4n) is 3.28. The van der Waals surface area contributed by atoms with Gasteiger partial charge in [-0.15, -0.1) is 0 Å². The molecule has 3 atom stereocenters. The van der Waals surface area contributed by atoms with Crippen LogP contribution in [0.4, 0.5) is 0 Å². The zero-order valence-electron chi connectivity index (χ0n) is 13.7. The molecule has 1 heterocycles. The second-order valence-electron chi connectivity index (χ2n) is 6.90. The Hall–Kier alpha value is 0.230. The SMILES string of the molecule is CCC(CSC)N(C)CC1C(N)C(C)(C)OC1(C)C. The molecule has 0 saturated carbocycles. The summed E-state index contributed by atoms with van der Waals surface area (Å²) in [4.78, 5) is 2.47. The summed E-state index contributed by atoms with van der Waals surface area (Å²) in [5.41, 5.74) is 6.07. The van der Waals surface area contributed by atoms with Crippen molar-refractivity contribution in [3.8, 4) is 0 Å². The number of nitrogens with two attached hydrogens (primary N) is 1. The van der Waals surface area contributed by atoms with Crippen molar-refractivity contribution in [3.05, 3.63) is 0 Å². The zero-order chi connectivity index (χ0) is 14.8. The lowest BCUT2D eigenvalue weighted by atomic mass is 9.82. The van der Waals surface area contributed by atoms with Crippen LogP contribution in [0.3, 0.4) is 0 Å². The van der Waals surface area contributed by atoms with Crippen molar-refractivity contribution < 1.29 is 4.74 Å². The lowest BCUT2D eigenvalue weighted by molar-refractivity contribution is -0.0785. The minimum Gasteiger partial charge on any atom is -0.368 e. The molecule has 1 saturated heterocycles. The van der Waals surface area contributed by atoms with Gasteiger partial charge >= 0.3 is 0 Å². The van der Waals surface area contributed by atoms with Crippen molar-refractivity contribution in [2.24, 2.45) is 11.7 Å². The number of hydrogen-bond donors (Lipinski definition) is 1. The minimum absolute atomic E-state index is 0.0942. The summed E-state index contributed by atoms with van der Waals surface area (Å²) in [6.07, 6.45) is 3.36. The Morgan fingerprint density at radius 2 is 1.84 bits per heavy atom. The van der Waals surface area contributed by atoms with Crippen molar-refractivity contribution in [1.82, 2.24) is 4.90 Å². The highest BCUT2D eigenvalue weighted by molar-refractivity contribution is 7.98. The predicted octanol–water partition coefficient (Wildman–Crippen LogP) is 2.59. The maximum Gasteiger partial charge on any atom is 0.0788 e. The Morgan fingerprint density at radius 3 is 2.21 bits per heavy atom. The van der Waals surface area contributed by atoms with Crippen molar-refractivity contribution in [2.75, 3.05) is 25.6 Å². The number of nitrogens with zero attached hydrogens (tertiary/aromatic N) is 1. The highest BCUT2D eigenvalue weighted by Gasteiger charge is 2.52. The highest BCUT2D eigenvalue weighted by atomic mass is 32.2. The van der Waals surface area contributed by atoms with Crippen LogP contribution in [0.2, 0.25) is 0 Å². The van der Waals surface area contributed by atoms with Crippen LogP contribution in [0.25, 0.3) is 0 Å². The third kappa shape index (κ3) is 3.87. The van der Waals surface area contributed by atoms with Crippen LogP contribution in [0, 0.1) is 5.92 Å². The van der Waals surface area contributed by atoms with E-state index < -0.39 is 0 Å². The Kier molecular flexibility index (Phi) is 5.76. The van der Waals surface area contributed by atoms with E-state index in [2.05, 4.69) is 52.8 Å². The first-order chi connectivity index (χ1) is 8.65. The van der Waals surface area contributed by atoms with Gasteiger partial charge in [0.1, 0.15) is 0 Å². The molecule has 0 aromatic rings. The first-order valence-corrected chi connectivity index (χ1v) is 8.70. The Balaban J connectivity index is 2.74. The summed E-state index contributed by atoms with van der Waals surface area (Å²) < 4.78 is 6.18. The molecule has 0 amide bonds. The third-order valence-corrected chi connectivity index (χ3v) is 5.31. The van der Waals surface area contributed by atoms with Crippen molar-refractivity contribution >= 4 is 11.8 Å². The van der Waals surface area contributed by atoms with Crippen LogP contribution < -0.4 is 5.73 Å². The second-order valence-corrected chi connectivity index (χ2v) is 7.81. The molecule has 0 spiro atoms. The maximum absolute atomic E-state index is 6.44. The molecule has 19 heavy (non-hydrogen) atoms. The predicted molar refractivity (Wildman–Crippen MR) is 85.8 cm³/mol. The fourth-order valence-corrected chi connectivity index (χ4v) is 4.16. The molecular formula is C15H32N2OS. The Labute approximate surface area is 123 Å². The normalized spacial score (nSPS) is 30.8. The van der Waals surface area contributed by atoms with E-state index in [1.807, 2.05) is 11.8 Å². The second kappa shape index (κ2) is 6.33. The van der Waals surface area contributed by atoms with E-state index in [-0.39, 0.29) is 17.2 Å². The van der Waals surface area contributed by atoms with Gasteiger partial charge in [-0.2, -0.15) is 11.8 Å². The van der Waals surface area contributed by atoms with Gasteiger partial charge in [0.25, 0.3) is 0 Å². The van der Waals surface area contributed by atoms with Crippen LogP contribution in [0.5, 0.6) is 0 Å². The van der Waals surface area contributed by atoms with Gasteiger partial charge in [-0.05, 0) is 47.4 Å². The van der Waals surface area contributed by atoms with E-state index in [4.69, 9.17) is 10.5 Å². The van der Waals surface area contributed by atoms with E-state index >= 15 is 0 Å². The molecule has 0 bridgehead atoms. The van der Waals surface area contributed by atoms with Crippen LogP contribution in [-0.2, 0) is 4.74 Å². The van der Waals surface area contributed by atoms with Crippen LogP contribution in [-0.4, -0.2) is 53.8 Å². The number of ether oxygens (including phenoxy) is 1. The molecule has 0 aromatic carbocycles. The van der Waals surface area contributed by atoms with E-state index in [0.717, 1.165) is 6.54 Å². The summed E-state index contributed by atoms with van der Waals surface area (Å²) >= 11 is 1.92. The van der Waals surface area contributed by atoms with Gasteiger partial charge in [0.2, 0.25) is 0 Å². The zero-order valence-corrected chi connectivity index (χ0v) is 14.5. The average Bonchev–Trinajstić information content (AvgIpc) is 2.44. The first kappa shape index (κ1) is 17.3. The molecule has 3 unspecified atom stereocenters. The van der Waals surface area contributed by atoms with Crippen molar-refractivity contribution in [2.45, 2.75) is 64.3 Å². The van der Waals surface area contributed by atoms with Gasteiger partial charge in [-0.1, -0.05) is 6.92 Å². The van der Waals surface area contributed by atoms with Crippen molar-refractivity contribution in [3.63, 3.8) is 0 Å². The monoisotopic (exact) mass is 288 g/mol. The lowest BCUT2D eigenvalue weighted by Crippen LogP contribution is -2.49. The molecule has 1 aliphatic rings. The molecule has 114 valence electrons. The van der Waals surface area contributed by atoms with Gasteiger partial charge in [-0.25, -0.2) is 0 Å². The van der Waals surface area contributed by atoms with Gasteiger partial charge in [-0.3, -0.25) is 0 Å². The molecule has 1 fully saturated rings. The van der Waals surface area contributed by atoms with Gasteiger partial charge < -0.3 is 15.4 Å². The molecule has 4 heteroatoms. The molecule has 0 radical (unpaired) electrons. The maximum atomic E-state index is 6.44. The minimum atomic E-state index is -0.226. The highest BCUT2D eigenvalue weighted by Crippen LogP contribution is 2.41. The van der Waals surface area contributed by atoms with E-state index in [1.165, 1.54) is 12.2 Å². The molecule has 2 N–H and O–H groups in total. The fraction of sp³-hybridized carbons (Fsp3) is 1.00. The smallest absolute Gasteiger partial charge is 0.0788 e. The molecule has 3 nitrogen and oxygen atoms in total. The number of rotatable bonds is 6. The molecular weight excluding hydrogens is 256 g/mol. The largest absolute Gasteiger partial charge is 0.368 e. The Bertz CT molecular complexity index is 294. The average molecular weight is 289 g/mol. The summed E-state index contributed by atoms with van der Waals surface area (Å²) in [5.74, 6) is 1.56. The van der Waals surface area contributed by atoms with Gasteiger partial charge in [0.15, 0.2) is 0 Å². The van der Waals surface area contributed by atoms with Gasteiger partial charge in [0.05, 0.1) is 11.2 Å². The molecule has 0 aliphatic carbocycles. The summed E-state index contributed by atoms with van der Waals surface area (Å²) in [7, 11) is 2.22. The van der Waals surface area contributed by atoms with Crippen LogP contribution in [0.15, 0.2) is 0 Å². The molecule has 1 aliphatic heterocycles. The van der Waals surface area contributed by atoms with Crippen LogP contribution >= 0.6 is 11.8 Å². The van der Waals surface area contributed by atoms with Crippen LogP contribution in [0.1, 0.15) is 41.0 Å². The van der Waals surface area contributed by atoms with E-state index in [9.17, 15) is 0 Å². The topological polar surface area (TPSA) is 38.5 Å². The quantitative estimate of drug-likeness (QED) is 0.815. The van der Waals surface area contributed by atoms with Gasteiger partial charge in [0, 0.05) is 30.3 Å². The number of thioether (sulfide) groups is 1. The standard InChI is InChI=1S/C15H32N2OS/c1-8-11(10-19-7)17(6)9-12-13(16)15(4,5)18-14(12,2)3/h11-13H,8-10,16H2,1-7H3. The summed E-state index contributed by atoms with van der Waals surface area (Å²) in [6.45, 7) is 11.8. The van der Waals surface area contributed by atoms with E-state index in [0.29, 0.717) is 12.0 Å².